The van der Waals surface area contributed by atoms with Crippen molar-refractivity contribution in [2.45, 2.75) is 0 Å². The number of aromatic nitrogens is 1. The molecule has 0 aromatic carbocycles. The fourth-order valence-corrected chi connectivity index (χ4v) is 1.22. The Bertz CT molecular complexity index is 341. The van der Waals surface area contributed by atoms with Crippen molar-refractivity contribution in [3.63, 3.8) is 0 Å². The van der Waals surface area contributed by atoms with Crippen LogP contribution >= 0.6 is 0 Å². The van der Waals surface area contributed by atoms with E-state index in [-0.39, 0.29) is 5.91 Å². The van der Waals surface area contributed by atoms with Gasteiger partial charge in [-0.05, 0) is 12.1 Å². The molecule has 1 rings (SSSR count). The minimum Gasteiger partial charge on any atom is -0.480 e. The van der Waals surface area contributed by atoms with Crippen LogP contribution in [-0.4, -0.2) is 43.0 Å². The van der Waals surface area contributed by atoms with Gasteiger partial charge in [-0.25, -0.2) is 4.98 Å². The highest BCUT2D eigenvalue weighted by molar-refractivity contribution is 5.96. The van der Waals surface area contributed by atoms with Crippen molar-refractivity contribution in [2.24, 2.45) is 5.73 Å². The molecule has 5 nitrogen and oxygen atoms in total. The zero-order chi connectivity index (χ0) is 11.3. The molecular formula is C10H15N3O2. The van der Waals surface area contributed by atoms with Crippen LogP contribution in [0.25, 0.3) is 0 Å². The Labute approximate surface area is 88.9 Å². The fourth-order valence-electron chi connectivity index (χ4n) is 1.22. The number of pyridine rings is 1. The van der Waals surface area contributed by atoms with Gasteiger partial charge in [-0.15, -0.1) is 0 Å². The molecule has 0 saturated carbocycles. The van der Waals surface area contributed by atoms with Gasteiger partial charge >= 0.3 is 0 Å². The molecule has 1 amide bonds. The van der Waals surface area contributed by atoms with Crippen LogP contribution in [0.1, 0.15) is 10.4 Å². The monoisotopic (exact) mass is 209 g/mol. The standard InChI is InChI=1S/C10H15N3O2/c1-13(7-5-11)10(14)8-4-3-6-12-9(8)15-2/h3-4,6H,5,7,11H2,1-2H3. The number of nitrogens with zero attached hydrogens (tertiary/aromatic N) is 2. The number of carbonyl (C=O) groups excluding carboxylic acids is 1. The number of amides is 1. The maximum Gasteiger partial charge on any atom is 0.259 e. The molecule has 0 aliphatic carbocycles. The largest absolute Gasteiger partial charge is 0.480 e. The molecule has 1 aromatic rings. The van der Waals surface area contributed by atoms with E-state index in [0.29, 0.717) is 24.5 Å². The first-order valence-electron chi connectivity index (χ1n) is 4.65. The van der Waals surface area contributed by atoms with Crippen LogP contribution in [0.5, 0.6) is 5.88 Å². The average Bonchev–Trinajstić information content (AvgIpc) is 2.28. The molecule has 0 bridgehead atoms. The predicted octanol–water partition coefficient (Wildman–Crippen LogP) is 0.121. The van der Waals surface area contributed by atoms with E-state index in [4.69, 9.17) is 10.5 Å². The highest BCUT2D eigenvalue weighted by atomic mass is 16.5. The molecule has 82 valence electrons. The van der Waals surface area contributed by atoms with Crippen molar-refractivity contribution >= 4 is 5.91 Å². The van der Waals surface area contributed by atoms with Gasteiger partial charge in [0.15, 0.2) is 0 Å². The van der Waals surface area contributed by atoms with Crippen molar-refractivity contribution in [2.75, 3.05) is 27.2 Å². The van der Waals surface area contributed by atoms with Crippen molar-refractivity contribution in [3.05, 3.63) is 23.9 Å². The molecule has 1 heterocycles. The topological polar surface area (TPSA) is 68.5 Å². The molecule has 0 radical (unpaired) electrons. The van der Waals surface area contributed by atoms with E-state index in [1.54, 1.807) is 30.3 Å². The summed E-state index contributed by atoms with van der Waals surface area (Å²) >= 11 is 0. The number of hydrogen-bond acceptors (Lipinski definition) is 4. The second-order valence-electron chi connectivity index (χ2n) is 3.08. The van der Waals surface area contributed by atoms with E-state index in [0.717, 1.165) is 0 Å². The first-order valence-corrected chi connectivity index (χ1v) is 4.65. The smallest absolute Gasteiger partial charge is 0.259 e. The summed E-state index contributed by atoms with van der Waals surface area (Å²) in [5, 5.41) is 0. The van der Waals surface area contributed by atoms with Crippen LogP contribution in [0.15, 0.2) is 18.3 Å². The molecule has 0 saturated heterocycles. The highest BCUT2D eigenvalue weighted by Gasteiger charge is 2.16. The highest BCUT2D eigenvalue weighted by Crippen LogP contribution is 2.15. The maximum absolute atomic E-state index is 11.9. The van der Waals surface area contributed by atoms with E-state index in [1.165, 1.54) is 7.11 Å². The first kappa shape index (κ1) is 11.5. The van der Waals surface area contributed by atoms with Crippen LogP contribution < -0.4 is 10.5 Å². The summed E-state index contributed by atoms with van der Waals surface area (Å²) in [6.45, 7) is 0.946. The lowest BCUT2D eigenvalue weighted by Crippen LogP contribution is -2.32. The van der Waals surface area contributed by atoms with Crippen LogP contribution in [0, 0.1) is 0 Å². The number of likely N-dealkylation sites (N-methyl/N-ethyl adjacent to an activating group) is 1. The number of ether oxygens (including phenoxy) is 1. The molecule has 15 heavy (non-hydrogen) atoms. The zero-order valence-corrected chi connectivity index (χ0v) is 8.93. The van der Waals surface area contributed by atoms with Gasteiger partial charge in [0.05, 0.1) is 7.11 Å². The van der Waals surface area contributed by atoms with Crippen molar-refractivity contribution in [1.82, 2.24) is 9.88 Å². The number of carbonyl (C=O) groups is 1. The molecule has 0 aliphatic heterocycles. The van der Waals surface area contributed by atoms with Crippen LogP contribution in [0.3, 0.4) is 0 Å². The third-order valence-corrected chi connectivity index (χ3v) is 2.01. The number of hydrogen-bond donors (Lipinski definition) is 1. The van der Waals surface area contributed by atoms with E-state index in [9.17, 15) is 4.79 Å². The van der Waals surface area contributed by atoms with Crippen LogP contribution in [0.4, 0.5) is 0 Å². The van der Waals surface area contributed by atoms with Crippen molar-refractivity contribution < 1.29 is 9.53 Å². The molecule has 0 unspecified atom stereocenters. The van der Waals surface area contributed by atoms with Crippen LogP contribution in [-0.2, 0) is 0 Å². The second kappa shape index (κ2) is 5.31. The lowest BCUT2D eigenvalue weighted by molar-refractivity contribution is 0.0795. The predicted molar refractivity (Wildman–Crippen MR) is 56.8 cm³/mol. The average molecular weight is 209 g/mol. The van der Waals surface area contributed by atoms with Gasteiger partial charge in [-0.3, -0.25) is 4.79 Å². The first-order chi connectivity index (χ1) is 7.20. The molecule has 1 aromatic heterocycles. The maximum atomic E-state index is 11.9. The molecule has 0 spiro atoms. The molecule has 0 fully saturated rings. The van der Waals surface area contributed by atoms with Gasteiger partial charge in [0.1, 0.15) is 5.56 Å². The Hall–Kier alpha value is -1.62. The third-order valence-electron chi connectivity index (χ3n) is 2.01. The zero-order valence-electron chi connectivity index (χ0n) is 8.93. The molecule has 0 atom stereocenters. The normalized spacial score (nSPS) is 9.80. The van der Waals surface area contributed by atoms with Crippen LogP contribution in [0.2, 0.25) is 0 Å². The van der Waals surface area contributed by atoms with E-state index in [1.807, 2.05) is 0 Å². The summed E-state index contributed by atoms with van der Waals surface area (Å²) in [5.74, 6) is 0.205. The Morgan fingerprint density at radius 2 is 2.40 bits per heavy atom. The number of nitrogens with two attached hydrogens (primary N) is 1. The van der Waals surface area contributed by atoms with Crippen molar-refractivity contribution in [1.29, 1.82) is 0 Å². The second-order valence-corrected chi connectivity index (χ2v) is 3.08. The van der Waals surface area contributed by atoms with Gasteiger partial charge in [-0.1, -0.05) is 0 Å². The Morgan fingerprint density at radius 3 is 3.00 bits per heavy atom. The van der Waals surface area contributed by atoms with Gasteiger partial charge in [0.2, 0.25) is 5.88 Å². The van der Waals surface area contributed by atoms with Gasteiger partial charge < -0.3 is 15.4 Å². The number of methoxy groups -OCH3 is 1. The molecular weight excluding hydrogens is 194 g/mol. The Kier molecular flexibility index (Phi) is 4.05. The molecule has 2 N–H and O–H groups in total. The van der Waals surface area contributed by atoms with E-state index in [2.05, 4.69) is 4.98 Å². The Balaban J connectivity index is 2.90. The summed E-state index contributed by atoms with van der Waals surface area (Å²) in [6, 6.07) is 3.38. The molecule has 0 aliphatic rings. The third kappa shape index (κ3) is 2.66. The van der Waals surface area contributed by atoms with Gasteiger partial charge in [0.25, 0.3) is 5.91 Å². The summed E-state index contributed by atoms with van der Waals surface area (Å²) in [5.41, 5.74) is 5.83. The minimum atomic E-state index is -0.134. The fraction of sp³-hybridized carbons (Fsp3) is 0.400. The Morgan fingerprint density at radius 1 is 1.67 bits per heavy atom. The summed E-state index contributed by atoms with van der Waals surface area (Å²) in [4.78, 5) is 17.4. The molecule has 5 heteroatoms. The lowest BCUT2D eigenvalue weighted by atomic mass is 10.2. The van der Waals surface area contributed by atoms with E-state index < -0.39 is 0 Å². The van der Waals surface area contributed by atoms with Gasteiger partial charge in [0, 0.05) is 26.3 Å². The quantitative estimate of drug-likeness (QED) is 0.764. The minimum absolute atomic E-state index is 0.134. The lowest BCUT2D eigenvalue weighted by Gasteiger charge is -2.16. The summed E-state index contributed by atoms with van der Waals surface area (Å²) in [7, 11) is 3.18. The SMILES string of the molecule is COc1ncccc1C(=O)N(C)CCN. The summed E-state index contributed by atoms with van der Waals surface area (Å²) < 4.78 is 5.00. The summed E-state index contributed by atoms with van der Waals surface area (Å²) in [6.07, 6.45) is 1.58. The van der Waals surface area contributed by atoms with Crippen molar-refractivity contribution in [3.8, 4) is 5.88 Å². The van der Waals surface area contributed by atoms with Gasteiger partial charge in [-0.2, -0.15) is 0 Å². The van der Waals surface area contributed by atoms with E-state index >= 15 is 0 Å². The number of rotatable bonds is 4.